The highest BCUT2D eigenvalue weighted by molar-refractivity contribution is 6.25. The van der Waals surface area contributed by atoms with Crippen LogP contribution in [0.5, 0.6) is 0 Å². The molecule has 0 atom stereocenters. The van der Waals surface area contributed by atoms with Crippen LogP contribution in [0.4, 0.5) is 34.1 Å². The lowest BCUT2D eigenvalue weighted by atomic mass is 9.69. The summed E-state index contributed by atoms with van der Waals surface area (Å²) in [5.74, 6) is 0. The third-order valence-corrected chi connectivity index (χ3v) is 19.3. The monoisotopic (exact) mass is 1150 g/mol. The molecule has 4 nitrogen and oxygen atoms in total. The molecule has 18 rings (SSSR count). The molecule has 4 heteroatoms. The number of anilines is 6. The molecule has 16 aromatic rings. The van der Waals surface area contributed by atoms with Crippen molar-refractivity contribution in [3.05, 3.63) is 349 Å². The number of para-hydroxylation sites is 5. The molecule has 0 aliphatic heterocycles. The second-order valence-electron chi connectivity index (χ2n) is 23.8. The highest BCUT2D eigenvalue weighted by Gasteiger charge is 2.54. The molecule has 14 aromatic carbocycles. The van der Waals surface area contributed by atoms with E-state index in [-0.39, 0.29) is 0 Å². The van der Waals surface area contributed by atoms with Gasteiger partial charge in [0.05, 0.1) is 33.3 Å². The smallest absolute Gasteiger partial charge is 0.0732 e. The Kier molecular flexibility index (Phi) is 11.5. The number of aromatic nitrogens is 2. The van der Waals surface area contributed by atoms with Crippen LogP contribution in [0.1, 0.15) is 40.4 Å². The van der Waals surface area contributed by atoms with E-state index in [1.54, 1.807) is 0 Å². The maximum atomic E-state index is 4.39. The predicted molar refractivity (Wildman–Crippen MR) is 381 cm³/mol. The van der Waals surface area contributed by atoms with Crippen LogP contribution in [-0.2, 0) is 5.41 Å². The first-order chi connectivity index (χ1) is 44.6. The molecule has 0 N–H and O–H groups in total. The quantitative estimate of drug-likeness (QED) is 0.127. The van der Waals surface area contributed by atoms with Crippen molar-refractivity contribution < 1.29 is 0 Å². The number of nitrogens with zero attached hydrogens (tertiary/aromatic N) is 4. The van der Waals surface area contributed by atoms with Crippen LogP contribution in [0.15, 0.2) is 316 Å². The van der Waals surface area contributed by atoms with Gasteiger partial charge in [-0.25, -0.2) is 0 Å². The van der Waals surface area contributed by atoms with E-state index in [0.717, 1.165) is 67.7 Å². The van der Waals surface area contributed by atoms with E-state index in [1.807, 2.05) is 6.08 Å². The Balaban J connectivity index is 0.918. The van der Waals surface area contributed by atoms with Gasteiger partial charge in [0.2, 0.25) is 0 Å². The Labute approximate surface area is 522 Å². The highest BCUT2D eigenvalue weighted by Crippen LogP contribution is 2.67. The van der Waals surface area contributed by atoms with Gasteiger partial charge in [0.15, 0.2) is 0 Å². The Morgan fingerprint density at radius 3 is 1.43 bits per heavy atom. The predicted octanol–water partition coefficient (Wildman–Crippen LogP) is 23.1. The Morgan fingerprint density at radius 1 is 0.333 bits per heavy atom. The number of benzene rings is 14. The zero-order chi connectivity index (χ0) is 59.6. The first kappa shape index (κ1) is 51.5. The summed E-state index contributed by atoms with van der Waals surface area (Å²) in [6, 6.07) is 113. The molecule has 0 fully saturated rings. The highest BCUT2D eigenvalue weighted by atomic mass is 15.2. The molecule has 0 unspecified atom stereocenters. The SMILES string of the molecule is C=Cc1c(/C=C\C)c2cc(N(c3ccccc3)c3cc4c(c5ccccc35)-c3c(c5ccc(N(c6ccccc6)c6ccc7c(c6)c6ccccc6n7-c6ccccc6)cc5c5ccccc35)C43c4ccccc4-c4ccccc43)ccc2n1-c1ccccc1. The summed E-state index contributed by atoms with van der Waals surface area (Å²) in [5.41, 5.74) is 24.0. The first-order valence-electron chi connectivity index (χ1n) is 31.2. The van der Waals surface area contributed by atoms with Crippen LogP contribution in [0.25, 0.3) is 111 Å². The van der Waals surface area contributed by atoms with E-state index in [2.05, 4.69) is 348 Å². The van der Waals surface area contributed by atoms with Crippen LogP contribution in [0.2, 0.25) is 0 Å². The zero-order valence-corrected chi connectivity index (χ0v) is 49.6. The summed E-state index contributed by atoms with van der Waals surface area (Å²) in [6.07, 6.45) is 6.38. The van der Waals surface area contributed by atoms with Crippen LogP contribution < -0.4 is 9.80 Å². The average molecular weight is 1150 g/mol. The summed E-state index contributed by atoms with van der Waals surface area (Å²) in [7, 11) is 0. The minimum atomic E-state index is -0.727. The third-order valence-electron chi connectivity index (χ3n) is 19.3. The summed E-state index contributed by atoms with van der Waals surface area (Å²) >= 11 is 0. The average Bonchev–Trinajstić information content (AvgIpc) is 1.49. The van der Waals surface area contributed by atoms with Crippen molar-refractivity contribution in [2.75, 3.05) is 9.80 Å². The molecule has 90 heavy (non-hydrogen) atoms. The molecule has 2 heterocycles. The van der Waals surface area contributed by atoms with Crippen LogP contribution >= 0.6 is 0 Å². The van der Waals surface area contributed by atoms with Gasteiger partial charge in [-0.2, -0.15) is 0 Å². The van der Waals surface area contributed by atoms with Crippen molar-refractivity contribution in [3.8, 4) is 33.6 Å². The first-order valence-corrected chi connectivity index (χ1v) is 31.2. The standard InChI is InChI=1S/C86H58N4/c1-3-27-66-73-54-62(48-51-80(73)89(78(66)4-2)58-32-13-7-14-33-58)88(57-30-11-6-12-31-57)82-55-77-83(70-42-20-18-39-67(70)82)84-69-41-19-17-36-63(69)72-52-60(46-49-71(72)85(84)86(77)75-43-24-21-37-64(75)65-38-22-25-44-76(65)86)87(56-28-9-5-10-29-56)61-47-50-81-74(53-61)68-40-23-26-45-79(68)90(81)59-34-15-8-16-35-59/h3-55H,2H2,1H3/b27-3-. The lowest BCUT2D eigenvalue weighted by Gasteiger charge is -2.34. The van der Waals surface area contributed by atoms with Gasteiger partial charge in [-0.05, 0) is 194 Å². The van der Waals surface area contributed by atoms with Gasteiger partial charge >= 0.3 is 0 Å². The Bertz CT molecular complexity index is 5590. The van der Waals surface area contributed by atoms with E-state index in [9.17, 15) is 0 Å². The molecular formula is C86H58N4. The molecule has 0 amide bonds. The van der Waals surface area contributed by atoms with Crippen molar-refractivity contribution in [1.29, 1.82) is 0 Å². The van der Waals surface area contributed by atoms with E-state index in [4.69, 9.17) is 0 Å². The summed E-state index contributed by atoms with van der Waals surface area (Å²) < 4.78 is 4.74. The summed E-state index contributed by atoms with van der Waals surface area (Å²) in [5, 5.41) is 10.9. The molecule has 2 aliphatic rings. The maximum absolute atomic E-state index is 4.39. The van der Waals surface area contributed by atoms with Gasteiger partial charge < -0.3 is 18.9 Å². The second kappa shape index (κ2) is 20.2. The van der Waals surface area contributed by atoms with Crippen molar-refractivity contribution in [2.45, 2.75) is 12.3 Å². The molecule has 0 radical (unpaired) electrons. The molecule has 0 bridgehead atoms. The zero-order valence-electron chi connectivity index (χ0n) is 49.6. The third kappa shape index (κ3) is 7.30. The molecular weight excluding hydrogens is 1090 g/mol. The Morgan fingerprint density at radius 2 is 0.800 bits per heavy atom. The lowest BCUT2D eigenvalue weighted by Crippen LogP contribution is -2.26. The second-order valence-corrected chi connectivity index (χ2v) is 23.8. The van der Waals surface area contributed by atoms with Gasteiger partial charge in [0, 0.05) is 66.9 Å². The number of hydrogen-bond donors (Lipinski definition) is 0. The van der Waals surface area contributed by atoms with Gasteiger partial charge in [0.1, 0.15) is 0 Å². The van der Waals surface area contributed by atoms with E-state index < -0.39 is 5.41 Å². The molecule has 422 valence electrons. The summed E-state index contributed by atoms with van der Waals surface area (Å²) in [6.45, 7) is 6.49. The minimum absolute atomic E-state index is 0.727. The van der Waals surface area contributed by atoms with Crippen molar-refractivity contribution in [2.24, 2.45) is 0 Å². The molecule has 1 spiro atoms. The fourth-order valence-corrected chi connectivity index (χ4v) is 15.8. The van der Waals surface area contributed by atoms with Crippen LogP contribution in [-0.4, -0.2) is 9.13 Å². The number of hydrogen-bond acceptors (Lipinski definition) is 2. The number of allylic oxidation sites excluding steroid dienone is 1. The van der Waals surface area contributed by atoms with E-state index in [1.165, 1.54) is 98.6 Å². The number of rotatable bonds is 10. The fraction of sp³-hybridized carbons (Fsp3) is 0.0233. The molecule has 2 aliphatic carbocycles. The van der Waals surface area contributed by atoms with Gasteiger partial charge in [-0.15, -0.1) is 0 Å². The van der Waals surface area contributed by atoms with E-state index in [0.29, 0.717) is 0 Å². The maximum Gasteiger partial charge on any atom is 0.0732 e. The molecule has 0 saturated heterocycles. The Hall–Kier alpha value is -11.7. The molecule has 0 saturated carbocycles. The van der Waals surface area contributed by atoms with Crippen molar-refractivity contribution in [3.63, 3.8) is 0 Å². The lowest BCUT2D eigenvalue weighted by molar-refractivity contribution is 0.802. The van der Waals surface area contributed by atoms with Gasteiger partial charge in [-0.1, -0.05) is 213 Å². The fourth-order valence-electron chi connectivity index (χ4n) is 15.8. The van der Waals surface area contributed by atoms with Gasteiger partial charge in [0.25, 0.3) is 0 Å². The van der Waals surface area contributed by atoms with Gasteiger partial charge in [-0.3, -0.25) is 0 Å². The van der Waals surface area contributed by atoms with E-state index >= 15 is 0 Å². The normalized spacial score (nSPS) is 12.8. The van der Waals surface area contributed by atoms with Crippen LogP contribution in [0.3, 0.4) is 0 Å². The van der Waals surface area contributed by atoms with Crippen molar-refractivity contribution >= 4 is 111 Å². The number of fused-ring (bicyclic) bond motifs is 21. The minimum Gasteiger partial charge on any atom is -0.310 e. The molecule has 2 aromatic heterocycles. The topological polar surface area (TPSA) is 16.3 Å². The largest absolute Gasteiger partial charge is 0.310 e. The van der Waals surface area contributed by atoms with Crippen LogP contribution in [0, 0.1) is 0 Å². The van der Waals surface area contributed by atoms with Crippen molar-refractivity contribution in [1.82, 2.24) is 9.13 Å². The summed E-state index contributed by atoms with van der Waals surface area (Å²) in [4.78, 5) is 4.96.